The minimum Gasteiger partial charge on any atom is -0.493 e. The summed E-state index contributed by atoms with van der Waals surface area (Å²) >= 11 is 0. The van der Waals surface area contributed by atoms with Gasteiger partial charge >= 0.3 is 5.97 Å². The van der Waals surface area contributed by atoms with Gasteiger partial charge in [0.05, 0.1) is 27.4 Å². The Bertz CT molecular complexity index is 1060. The van der Waals surface area contributed by atoms with Gasteiger partial charge in [-0.2, -0.15) is 0 Å². The lowest BCUT2D eigenvalue weighted by atomic mass is 9.76. The van der Waals surface area contributed by atoms with Gasteiger partial charge in [0, 0.05) is 18.1 Å². The second-order valence-corrected chi connectivity index (χ2v) is 8.16. The highest BCUT2D eigenvalue weighted by molar-refractivity contribution is 5.90. The minimum absolute atomic E-state index is 0.0478. The van der Waals surface area contributed by atoms with Gasteiger partial charge in [-0.15, -0.1) is 0 Å². The molecule has 4 rings (SSSR count). The van der Waals surface area contributed by atoms with Crippen molar-refractivity contribution in [2.75, 3.05) is 28.1 Å². The van der Waals surface area contributed by atoms with Crippen molar-refractivity contribution in [3.63, 3.8) is 0 Å². The number of rotatable bonds is 4. The SMILES string of the molecule is COc1cc2c(c(OC(C)=O)c1OC)-c1c(cc3c(c1OC)OCO3)[C@@H](O)[C@H](C)[C@H](C)C2. The molecule has 0 spiro atoms. The van der Waals surface area contributed by atoms with E-state index >= 15 is 0 Å². The van der Waals surface area contributed by atoms with E-state index in [2.05, 4.69) is 6.92 Å². The van der Waals surface area contributed by atoms with Gasteiger partial charge in [-0.3, -0.25) is 4.79 Å². The Morgan fingerprint density at radius 1 is 1.00 bits per heavy atom. The fourth-order valence-electron chi connectivity index (χ4n) is 4.53. The highest BCUT2D eigenvalue weighted by atomic mass is 16.7. The molecule has 0 radical (unpaired) electrons. The van der Waals surface area contributed by atoms with Crippen LogP contribution in [-0.4, -0.2) is 39.2 Å². The maximum atomic E-state index is 12.1. The highest BCUT2D eigenvalue weighted by Gasteiger charge is 2.38. The molecular formula is C24H28O8. The number of benzene rings is 2. The van der Waals surface area contributed by atoms with Crippen molar-refractivity contribution < 1.29 is 38.3 Å². The van der Waals surface area contributed by atoms with Gasteiger partial charge in [-0.1, -0.05) is 13.8 Å². The molecule has 1 aliphatic heterocycles. The Kier molecular flexibility index (Phi) is 5.81. The first-order valence-corrected chi connectivity index (χ1v) is 10.5. The molecule has 1 N–H and O–H groups in total. The first-order valence-electron chi connectivity index (χ1n) is 10.5. The van der Waals surface area contributed by atoms with Crippen molar-refractivity contribution in [1.29, 1.82) is 0 Å². The molecule has 0 fully saturated rings. The fourth-order valence-corrected chi connectivity index (χ4v) is 4.53. The van der Waals surface area contributed by atoms with Crippen molar-refractivity contribution in [3.05, 3.63) is 23.3 Å². The molecule has 0 aromatic heterocycles. The van der Waals surface area contributed by atoms with Crippen LogP contribution in [0.3, 0.4) is 0 Å². The summed E-state index contributed by atoms with van der Waals surface area (Å²) in [4.78, 5) is 12.1. The van der Waals surface area contributed by atoms with Crippen molar-refractivity contribution in [3.8, 4) is 45.6 Å². The van der Waals surface area contributed by atoms with Crippen LogP contribution in [0.5, 0.6) is 34.5 Å². The lowest BCUT2D eigenvalue weighted by Crippen LogP contribution is -2.23. The molecule has 0 bridgehead atoms. The number of methoxy groups -OCH3 is 3. The third kappa shape index (κ3) is 3.39. The largest absolute Gasteiger partial charge is 0.493 e. The average Bonchev–Trinajstić information content (AvgIpc) is 3.24. The number of ether oxygens (including phenoxy) is 6. The number of aliphatic hydroxyl groups excluding tert-OH is 1. The van der Waals surface area contributed by atoms with Gasteiger partial charge in [0.15, 0.2) is 23.0 Å². The van der Waals surface area contributed by atoms with Crippen LogP contribution < -0.4 is 28.4 Å². The first kappa shape index (κ1) is 22.1. The van der Waals surface area contributed by atoms with E-state index in [1.165, 1.54) is 28.3 Å². The van der Waals surface area contributed by atoms with Crippen LogP contribution in [0.4, 0.5) is 0 Å². The third-order valence-corrected chi connectivity index (χ3v) is 6.31. The van der Waals surface area contributed by atoms with E-state index in [-0.39, 0.29) is 30.1 Å². The molecule has 2 aromatic carbocycles. The molecule has 1 heterocycles. The highest BCUT2D eigenvalue weighted by Crippen LogP contribution is 2.58. The number of carbonyl (C=O) groups is 1. The van der Waals surface area contributed by atoms with E-state index in [1.54, 1.807) is 6.07 Å². The second kappa shape index (κ2) is 8.43. The van der Waals surface area contributed by atoms with Crippen molar-refractivity contribution in [2.24, 2.45) is 11.8 Å². The number of carbonyl (C=O) groups excluding carboxylic acids is 1. The van der Waals surface area contributed by atoms with E-state index in [9.17, 15) is 9.90 Å². The summed E-state index contributed by atoms with van der Waals surface area (Å²) in [5.41, 5.74) is 2.66. The van der Waals surface area contributed by atoms with E-state index in [4.69, 9.17) is 28.4 Å². The van der Waals surface area contributed by atoms with Gasteiger partial charge in [-0.25, -0.2) is 0 Å². The Balaban J connectivity index is 2.18. The summed E-state index contributed by atoms with van der Waals surface area (Å²) in [7, 11) is 4.55. The molecule has 8 heteroatoms. The molecule has 3 atom stereocenters. The van der Waals surface area contributed by atoms with Crippen LogP contribution >= 0.6 is 0 Å². The van der Waals surface area contributed by atoms with Crippen molar-refractivity contribution in [1.82, 2.24) is 0 Å². The Labute approximate surface area is 186 Å². The number of hydrogen-bond acceptors (Lipinski definition) is 8. The maximum Gasteiger partial charge on any atom is 0.308 e. The molecule has 0 amide bonds. The predicted molar refractivity (Wildman–Crippen MR) is 116 cm³/mol. The quantitative estimate of drug-likeness (QED) is 0.561. The van der Waals surface area contributed by atoms with Gasteiger partial charge in [0.25, 0.3) is 0 Å². The Hall–Kier alpha value is -3.13. The third-order valence-electron chi connectivity index (χ3n) is 6.31. The number of esters is 1. The summed E-state index contributed by atoms with van der Waals surface area (Å²) < 4.78 is 33.9. The van der Waals surface area contributed by atoms with E-state index in [1.807, 2.05) is 13.0 Å². The van der Waals surface area contributed by atoms with Crippen LogP contribution in [0.25, 0.3) is 11.1 Å². The zero-order valence-electron chi connectivity index (χ0n) is 19.1. The zero-order valence-corrected chi connectivity index (χ0v) is 19.1. The standard InChI is InChI=1S/C24H28O8/c1-11-7-14-8-16(27-4)21(28-5)24(32-13(3)25)18(14)19-15(20(26)12(11)2)9-17-22(23(19)29-6)31-10-30-17/h8-9,11-12,20,26H,7,10H2,1-6H3/t11-,12-,20+/m1/s1. The van der Waals surface area contributed by atoms with Crippen LogP contribution in [0.2, 0.25) is 0 Å². The van der Waals surface area contributed by atoms with Gasteiger partial charge in [0.1, 0.15) is 0 Å². The summed E-state index contributed by atoms with van der Waals surface area (Å²) in [5, 5.41) is 11.4. The van der Waals surface area contributed by atoms with E-state index in [0.29, 0.717) is 46.1 Å². The van der Waals surface area contributed by atoms with Crippen molar-refractivity contribution in [2.45, 2.75) is 33.3 Å². The topological polar surface area (TPSA) is 92.7 Å². The Morgan fingerprint density at radius 3 is 2.34 bits per heavy atom. The van der Waals surface area contributed by atoms with Crippen LogP contribution in [-0.2, 0) is 11.2 Å². The molecule has 2 aliphatic rings. The molecule has 8 nitrogen and oxygen atoms in total. The fraction of sp³-hybridized carbons (Fsp3) is 0.458. The maximum absolute atomic E-state index is 12.1. The lowest BCUT2D eigenvalue weighted by Gasteiger charge is -2.33. The summed E-state index contributed by atoms with van der Waals surface area (Å²) in [6.07, 6.45) is -0.200. The molecular weight excluding hydrogens is 416 g/mol. The smallest absolute Gasteiger partial charge is 0.308 e. The predicted octanol–water partition coefficient (Wildman–Crippen LogP) is 3.90. The number of hydrogen-bond donors (Lipinski definition) is 1. The van der Waals surface area contributed by atoms with E-state index in [0.717, 1.165) is 5.56 Å². The summed E-state index contributed by atoms with van der Waals surface area (Å²) in [6.45, 7) is 5.46. The van der Waals surface area contributed by atoms with Crippen LogP contribution in [0.1, 0.15) is 38.0 Å². The van der Waals surface area contributed by atoms with Gasteiger partial charge in [0.2, 0.25) is 18.3 Å². The van der Waals surface area contributed by atoms with Gasteiger partial charge < -0.3 is 33.5 Å². The molecule has 0 saturated carbocycles. The Morgan fingerprint density at radius 2 is 1.72 bits per heavy atom. The molecule has 172 valence electrons. The summed E-state index contributed by atoms with van der Waals surface area (Å²) in [6, 6.07) is 3.66. The number of fused-ring (bicyclic) bond motifs is 4. The number of aliphatic hydroxyl groups is 1. The second-order valence-electron chi connectivity index (χ2n) is 8.16. The monoisotopic (exact) mass is 444 g/mol. The zero-order chi connectivity index (χ0) is 23.2. The lowest BCUT2D eigenvalue weighted by molar-refractivity contribution is -0.131. The van der Waals surface area contributed by atoms with Crippen LogP contribution in [0, 0.1) is 11.8 Å². The van der Waals surface area contributed by atoms with Crippen LogP contribution in [0.15, 0.2) is 12.1 Å². The molecule has 0 unspecified atom stereocenters. The first-order chi connectivity index (χ1) is 15.3. The normalized spacial score (nSPS) is 21.0. The van der Waals surface area contributed by atoms with E-state index < -0.39 is 12.1 Å². The average molecular weight is 444 g/mol. The van der Waals surface area contributed by atoms with Gasteiger partial charge in [-0.05, 0) is 41.5 Å². The molecule has 2 aromatic rings. The molecule has 32 heavy (non-hydrogen) atoms. The minimum atomic E-state index is -0.810. The summed E-state index contributed by atoms with van der Waals surface area (Å²) in [5.74, 6) is 1.80. The van der Waals surface area contributed by atoms with Crippen molar-refractivity contribution >= 4 is 5.97 Å². The molecule has 0 saturated heterocycles. The molecule has 1 aliphatic carbocycles.